The Balaban J connectivity index is 1.61. The Kier molecular flexibility index (Phi) is 7.75. The van der Waals surface area contributed by atoms with Gasteiger partial charge in [0.05, 0.1) is 56.4 Å². The topological polar surface area (TPSA) is 112 Å². The summed E-state index contributed by atoms with van der Waals surface area (Å²) in [7, 11) is 4.53. The van der Waals surface area contributed by atoms with Crippen LogP contribution in [0.15, 0.2) is 73.1 Å². The van der Waals surface area contributed by atoms with Crippen LogP contribution >= 0.6 is 0 Å². The van der Waals surface area contributed by atoms with Gasteiger partial charge in [0.25, 0.3) is 0 Å². The number of primary amides is 1. The summed E-state index contributed by atoms with van der Waals surface area (Å²) in [6.07, 6.45) is -1.49. The van der Waals surface area contributed by atoms with Crippen molar-refractivity contribution >= 4 is 28.9 Å². The van der Waals surface area contributed by atoms with Crippen molar-refractivity contribution in [1.82, 2.24) is 9.97 Å². The number of amides is 2. The fraction of sp³-hybridized carbons (Fsp3) is 0.148. The number of nitrogens with zero attached hydrogens (tertiary/aromatic N) is 3. The zero-order valence-corrected chi connectivity index (χ0v) is 21.1. The molecule has 0 saturated carbocycles. The zero-order valence-electron chi connectivity index (χ0n) is 21.1. The molecule has 0 spiro atoms. The molecule has 9 nitrogen and oxygen atoms in total. The minimum atomic E-state index is -4.57. The molecule has 1 heterocycles. The van der Waals surface area contributed by atoms with E-state index in [0.29, 0.717) is 40.0 Å². The first-order chi connectivity index (χ1) is 18.6. The van der Waals surface area contributed by atoms with Crippen LogP contribution in [0, 0.1) is 0 Å². The number of carbonyl (C=O) groups excluding carboxylic acids is 1. The van der Waals surface area contributed by atoms with E-state index in [4.69, 9.17) is 19.9 Å². The van der Waals surface area contributed by atoms with E-state index in [1.165, 1.54) is 39.7 Å². The lowest BCUT2D eigenvalue weighted by molar-refractivity contribution is -0.137. The number of benzene rings is 3. The lowest BCUT2D eigenvalue weighted by atomic mass is 10.1. The van der Waals surface area contributed by atoms with Gasteiger partial charge in [-0.25, -0.2) is 9.78 Å². The lowest BCUT2D eigenvalue weighted by Crippen LogP contribution is -2.31. The summed E-state index contributed by atoms with van der Waals surface area (Å²) in [4.78, 5) is 22.0. The van der Waals surface area contributed by atoms with Crippen molar-refractivity contribution in [2.45, 2.75) is 6.18 Å². The minimum Gasteiger partial charge on any atom is -0.493 e. The second kappa shape index (κ2) is 11.2. The number of carbonyl (C=O) groups is 1. The third kappa shape index (κ3) is 5.95. The van der Waals surface area contributed by atoms with Gasteiger partial charge >= 0.3 is 12.2 Å². The van der Waals surface area contributed by atoms with E-state index in [1.54, 1.807) is 42.6 Å². The van der Waals surface area contributed by atoms with Crippen LogP contribution in [0.1, 0.15) is 5.56 Å². The van der Waals surface area contributed by atoms with Crippen LogP contribution in [-0.2, 0) is 6.18 Å². The highest BCUT2D eigenvalue weighted by Gasteiger charge is 2.31. The highest BCUT2D eigenvalue weighted by atomic mass is 19.4. The molecule has 3 aromatic carbocycles. The summed E-state index contributed by atoms with van der Waals surface area (Å²) >= 11 is 0. The number of hydrogen-bond donors (Lipinski definition) is 2. The predicted octanol–water partition coefficient (Wildman–Crippen LogP) is 6.15. The summed E-state index contributed by atoms with van der Waals surface area (Å²) in [5.74, 6) is 1.78. The van der Waals surface area contributed by atoms with E-state index in [-0.39, 0.29) is 11.4 Å². The van der Waals surface area contributed by atoms with Crippen LogP contribution in [0.5, 0.6) is 17.2 Å². The molecule has 0 aliphatic carbocycles. The molecule has 0 bridgehead atoms. The van der Waals surface area contributed by atoms with Gasteiger partial charge in [-0.1, -0.05) is 18.2 Å². The second-order valence-corrected chi connectivity index (χ2v) is 8.10. The highest BCUT2D eigenvalue weighted by Crippen LogP contribution is 2.40. The Bertz CT molecular complexity index is 1450. The molecular formula is C27H24F3N5O4. The number of methoxy groups -OCH3 is 3. The Morgan fingerprint density at radius 1 is 0.897 bits per heavy atom. The maximum Gasteiger partial charge on any atom is 0.416 e. The third-order valence-electron chi connectivity index (χ3n) is 5.65. The maximum atomic E-state index is 13.2. The molecule has 0 unspecified atom stereocenters. The van der Waals surface area contributed by atoms with Gasteiger partial charge in [0.15, 0.2) is 11.5 Å². The van der Waals surface area contributed by atoms with Gasteiger partial charge in [0, 0.05) is 23.4 Å². The normalized spacial score (nSPS) is 11.0. The quantitative estimate of drug-likeness (QED) is 0.276. The SMILES string of the molecule is COc1cc(Nc2cncc(-c3ccc(N(C(N)=O)c4cccc(C(F)(F)F)c4)cc3)n2)cc(OC)c1OC. The van der Waals surface area contributed by atoms with E-state index in [9.17, 15) is 18.0 Å². The molecule has 202 valence electrons. The molecule has 0 fully saturated rings. The molecule has 1 aromatic heterocycles. The van der Waals surface area contributed by atoms with Crippen molar-refractivity contribution in [3.8, 4) is 28.5 Å². The number of hydrogen-bond acceptors (Lipinski definition) is 7. The summed E-state index contributed by atoms with van der Waals surface area (Å²) < 4.78 is 55.7. The number of aromatic nitrogens is 2. The van der Waals surface area contributed by atoms with Gasteiger partial charge in [-0.05, 0) is 30.3 Å². The molecule has 0 aliphatic rings. The van der Waals surface area contributed by atoms with Crippen LogP contribution in [0.25, 0.3) is 11.3 Å². The molecular weight excluding hydrogens is 515 g/mol. The predicted molar refractivity (Wildman–Crippen MR) is 140 cm³/mol. The number of rotatable bonds is 8. The first kappa shape index (κ1) is 27.0. The fourth-order valence-corrected chi connectivity index (χ4v) is 3.87. The van der Waals surface area contributed by atoms with Crippen molar-refractivity contribution in [2.24, 2.45) is 5.73 Å². The van der Waals surface area contributed by atoms with Crippen LogP contribution in [0.2, 0.25) is 0 Å². The Labute approximate surface area is 222 Å². The summed E-state index contributed by atoms with van der Waals surface area (Å²) in [5, 5.41) is 3.15. The average molecular weight is 540 g/mol. The minimum absolute atomic E-state index is 0.0126. The van der Waals surface area contributed by atoms with E-state index in [2.05, 4.69) is 15.3 Å². The first-order valence-corrected chi connectivity index (χ1v) is 11.4. The molecule has 0 aliphatic heterocycles. The van der Waals surface area contributed by atoms with Gasteiger partial charge in [-0.15, -0.1) is 0 Å². The van der Waals surface area contributed by atoms with Crippen molar-refractivity contribution in [2.75, 3.05) is 31.5 Å². The number of nitrogens with two attached hydrogens (primary N) is 1. The van der Waals surface area contributed by atoms with Crippen molar-refractivity contribution < 1.29 is 32.2 Å². The standard InChI is InChI=1S/C27H24F3N5O4/c1-37-22-12-18(13-23(38-2)25(22)39-3)33-24-15-32-14-21(34-24)16-7-9-19(10-8-16)35(26(31)36)20-6-4-5-17(11-20)27(28,29)30/h4-15H,1-3H3,(H2,31,36)(H,33,34). The zero-order chi connectivity index (χ0) is 28.2. The molecule has 4 rings (SSSR count). The molecule has 2 amide bonds. The van der Waals surface area contributed by atoms with Crippen molar-refractivity contribution in [3.05, 3.63) is 78.6 Å². The lowest BCUT2D eigenvalue weighted by Gasteiger charge is -2.22. The Hall–Kier alpha value is -5.00. The average Bonchev–Trinajstić information content (AvgIpc) is 2.92. The fourth-order valence-electron chi connectivity index (χ4n) is 3.87. The van der Waals surface area contributed by atoms with E-state index in [1.807, 2.05) is 0 Å². The summed E-state index contributed by atoms with van der Waals surface area (Å²) in [6.45, 7) is 0. The van der Waals surface area contributed by atoms with Crippen LogP contribution in [0.3, 0.4) is 0 Å². The van der Waals surface area contributed by atoms with Gasteiger partial charge in [-0.2, -0.15) is 13.2 Å². The number of urea groups is 1. The van der Waals surface area contributed by atoms with Gasteiger partial charge in [0.1, 0.15) is 5.82 Å². The monoisotopic (exact) mass is 539 g/mol. The summed E-state index contributed by atoms with van der Waals surface area (Å²) in [5.41, 5.74) is 6.65. The maximum absolute atomic E-state index is 13.2. The summed E-state index contributed by atoms with van der Waals surface area (Å²) in [6, 6.07) is 13.3. The molecule has 0 saturated heterocycles. The number of anilines is 4. The first-order valence-electron chi connectivity index (χ1n) is 11.4. The van der Waals surface area contributed by atoms with Crippen LogP contribution in [0.4, 0.5) is 40.8 Å². The largest absolute Gasteiger partial charge is 0.493 e. The van der Waals surface area contributed by atoms with Crippen LogP contribution < -0.4 is 30.2 Å². The van der Waals surface area contributed by atoms with E-state index in [0.717, 1.165) is 17.0 Å². The second-order valence-electron chi connectivity index (χ2n) is 8.10. The molecule has 0 atom stereocenters. The van der Waals surface area contributed by atoms with Gasteiger partial charge in [-0.3, -0.25) is 9.88 Å². The van der Waals surface area contributed by atoms with E-state index < -0.39 is 17.8 Å². The third-order valence-corrected chi connectivity index (χ3v) is 5.65. The number of ether oxygens (including phenoxy) is 3. The van der Waals surface area contributed by atoms with Crippen molar-refractivity contribution in [1.29, 1.82) is 0 Å². The van der Waals surface area contributed by atoms with Gasteiger partial charge < -0.3 is 25.3 Å². The molecule has 39 heavy (non-hydrogen) atoms. The molecule has 0 radical (unpaired) electrons. The number of nitrogens with one attached hydrogen (secondary N) is 1. The molecule has 3 N–H and O–H groups in total. The number of alkyl halides is 3. The molecule has 12 heteroatoms. The number of halogens is 3. The molecule has 4 aromatic rings. The highest BCUT2D eigenvalue weighted by molar-refractivity contribution is 5.98. The van der Waals surface area contributed by atoms with Crippen LogP contribution in [-0.4, -0.2) is 37.3 Å². The van der Waals surface area contributed by atoms with Gasteiger partial charge in [0.2, 0.25) is 5.75 Å². The van der Waals surface area contributed by atoms with Crippen molar-refractivity contribution in [3.63, 3.8) is 0 Å². The Morgan fingerprint density at radius 3 is 2.13 bits per heavy atom. The Morgan fingerprint density at radius 2 is 1.56 bits per heavy atom. The van der Waals surface area contributed by atoms with E-state index >= 15 is 0 Å². The smallest absolute Gasteiger partial charge is 0.416 e.